The van der Waals surface area contributed by atoms with Gasteiger partial charge >= 0.3 is 0 Å². The first kappa shape index (κ1) is 12.5. The van der Waals surface area contributed by atoms with Crippen molar-refractivity contribution < 1.29 is 4.39 Å². The fourth-order valence-corrected chi connectivity index (χ4v) is 2.47. The number of hydrogen-bond donors (Lipinski definition) is 1. The van der Waals surface area contributed by atoms with Crippen molar-refractivity contribution in [3.05, 3.63) is 43.5 Å². The lowest BCUT2D eigenvalue weighted by Crippen LogP contribution is -2.08. The van der Waals surface area contributed by atoms with Crippen LogP contribution in [0.2, 0.25) is 0 Å². The highest BCUT2D eigenvalue weighted by Gasteiger charge is 2.09. The number of halogens is 2. The Balaban J connectivity index is 2.70. The molecule has 0 radical (unpaired) electrons. The van der Waals surface area contributed by atoms with Crippen LogP contribution in [0.5, 0.6) is 0 Å². The normalized spacial score (nSPS) is 11.4. The van der Waals surface area contributed by atoms with Crippen molar-refractivity contribution in [2.45, 2.75) is 20.3 Å². The van der Waals surface area contributed by atoms with Crippen LogP contribution in [0, 0.1) is 15.3 Å². The van der Waals surface area contributed by atoms with Crippen LogP contribution in [-0.4, -0.2) is 4.98 Å². The molecule has 1 heterocycles. The second-order valence-corrected chi connectivity index (χ2v) is 5.62. The molecule has 0 fully saturated rings. The minimum atomic E-state index is -0.296. The Morgan fingerprint density at radius 3 is 2.76 bits per heavy atom. The fourth-order valence-electron chi connectivity index (χ4n) is 1.86. The number of rotatable bonds is 2. The highest BCUT2D eigenvalue weighted by molar-refractivity contribution is 14.1. The van der Waals surface area contributed by atoms with E-state index in [1.54, 1.807) is 6.07 Å². The molecule has 2 aromatic rings. The molecule has 0 aliphatic carbocycles. The van der Waals surface area contributed by atoms with Gasteiger partial charge in [0.25, 0.3) is 0 Å². The summed E-state index contributed by atoms with van der Waals surface area (Å²) in [6, 6.07) is 4.47. The molecule has 90 valence electrons. The number of fused-ring (bicyclic) bond motifs is 1. The molecule has 4 heteroatoms. The van der Waals surface area contributed by atoms with Gasteiger partial charge in [0.2, 0.25) is 0 Å². The van der Waals surface area contributed by atoms with Gasteiger partial charge in [0, 0.05) is 17.1 Å². The second kappa shape index (κ2) is 4.76. The molecule has 17 heavy (non-hydrogen) atoms. The van der Waals surface area contributed by atoms with Crippen LogP contribution in [0.25, 0.3) is 10.9 Å². The van der Waals surface area contributed by atoms with Crippen molar-refractivity contribution in [1.29, 1.82) is 0 Å². The van der Waals surface area contributed by atoms with E-state index in [9.17, 15) is 9.18 Å². The first-order chi connectivity index (χ1) is 7.99. The van der Waals surface area contributed by atoms with Gasteiger partial charge in [-0.05, 0) is 47.1 Å². The summed E-state index contributed by atoms with van der Waals surface area (Å²) in [6.45, 7) is 4.16. The van der Waals surface area contributed by atoms with E-state index >= 15 is 0 Å². The molecule has 0 bridgehead atoms. The van der Waals surface area contributed by atoms with Gasteiger partial charge in [0.05, 0.1) is 9.09 Å². The van der Waals surface area contributed by atoms with E-state index in [-0.39, 0.29) is 11.2 Å². The van der Waals surface area contributed by atoms with E-state index in [1.807, 2.05) is 22.6 Å². The molecule has 1 aromatic carbocycles. The molecule has 0 saturated carbocycles. The van der Waals surface area contributed by atoms with Crippen LogP contribution in [0.15, 0.2) is 23.0 Å². The number of H-pyrrole nitrogens is 1. The summed E-state index contributed by atoms with van der Waals surface area (Å²) >= 11 is 1.92. The molecule has 0 saturated heterocycles. The van der Waals surface area contributed by atoms with Crippen LogP contribution in [0.4, 0.5) is 4.39 Å². The van der Waals surface area contributed by atoms with Gasteiger partial charge in [0.1, 0.15) is 5.82 Å². The number of benzene rings is 1. The summed E-state index contributed by atoms with van der Waals surface area (Å²) in [7, 11) is 0. The third-order valence-corrected chi connectivity index (χ3v) is 3.63. The zero-order valence-corrected chi connectivity index (χ0v) is 11.8. The first-order valence-electron chi connectivity index (χ1n) is 5.49. The summed E-state index contributed by atoms with van der Waals surface area (Å²) in [6.07, 6.45) is 0.789. The van der Waals surface area contributed by atoms with E-state index in [0.717, 1.165) is 12.1 Å². The van der Waals surface area contributed by atoms with Crippen molar-refractivity contribution in [3.8, 4) is 0 Å². The smallest absolute Gasteiger partial charge is 0.189 e. The molecule has 2 rings (SSSR count). The molecule has 0 spiro atoms. The molecule has 0 atom stereocenters. The molecule has 1 N–H and O–H groups in total. The van der Waals surface area contributed by atoms with Crippen molar-refractivity contribution in [2.24, 2.45) is 5.92 Å². The van der Waals surface area contributed by atoms with Crippen molar-refractivity contribution >= 4 is 33.5 Å². The Morgan fingerprint density at radius 2 is 2.12 bits per heavy atom. The zero-order valence-electron chi connectivity index (χ0n) is 9.68. The van der Waals surface area contributed by atoms with Crippen LogP contribution in [0.1, 0.15) is 19.5 Å². The van der Waals surface area contributed by atoms with E-state index in [2.05, 4.69) is 18.8 Å². The molecular formula is C13H13FINO. The van der Waals surface area contributed by atoms with E-state index in [0.29, 0.717) is 20.4 Å². The highest BCUT2D eigenvalue weighted by Crippen LogP contribution is 2.20. The molecule has 1 aromatic heterocycles. The molecule has 0 unspecified atom stereocenters. The Kier molecular flexibility index (Phi) is 3.51. The van der Waals surface area contributed by atoms with Gasteiger partial charge < -0.3 is 4.98 Å². The highest BCUT2D eigenvalue weighted by atomic mass is 127. The molecule has 0 amide bonds. The number of aromatic nitrogens is 1. The average molecular weight is 345 g/mol. The van der Waals surface area contributed by atoms with Gasteiger partial charge in [-0.3, -0.25) is 4.79 Å². The van der Waals surface area contributed by atoms with Gasteiger partial charge in [0.15, 0.2) is 5.43 Å². The van der Waals surface area contributed by atoms with Crippen molar-refractivity contribution in [1.82, 2.24) is 4.98 Å². The summed E-state index contributed by atoms with van der Waals surface area (Å²) < 4.78 is 13.9. The maximum atomic E-state index is 13.4. The Morgan fingerprint density at radius 1 is 1.41 bits per heavy atom. The van der Waals surface area contributed by atoms with Crippen molar-refractivity contribution in [2.75, 3.05) is 0 Å². The average Bonchev–Trinajstić information content (AvgIpc) is 2.23. The topological polar surface area (TPSA) is 32.9 Å². The van der Waals surface area contributed by atoms with Crippen LogP contribution in [0.3, 0.4) is 0 Å². The Hall–Kier alpha value is -0.910. The maximum Gasteiger partial charge on any atom is 0.189 e. The van der Waals surface area contributed by atoms with E-state index in [4.69, 9.17) is 0 Å². The SMILES string of the molecule is CC(C)Cc1cc(=O)c2ccc(F)c(I)c2[nH]1. The zero-order chi connectivity index (χ0) is 12.6. The van der Waals surface area contributed by atoms with Gasteiger partial charge in [-0.1, -0.05) is 13.8 Å². The lowest BCUT2D eigenvalue weighted by molar-refractivity contribution is 0.621. The minimum absolute atomic E-state index is 0.0488. The molecule has 2 nitrogen and oxygen atoms in total. The van der Waals surface area contributed by atoms with Gasteiger partial charge in [-0.25, -0.2) is 4.39 Å². The summed E-state index contributed by atoms with van der Waals surface area (Å²) in [5.41, 5.74) is 1.42. The van der Waals surface area contributed by atoms with Crippen LogP contribution < -0.4 is 5.43 Å². The standard InChI is InChI=1S/C13H13FINO/c1-7(2)5-8-6-11(17)9-3-4-10(14)12(15)13(9)16-8/h3-4,6-7H,5H2,1-2H3,(H,16,17). The first-order valence-corrected chi connectivity index (χ1v) is 6.57. The second-order valence-electron chi connectivity index (χ2n) is 4.54. The quantitative estimate of drug-likeness (QED) is 0.831. The van der Waals surface area contributed by atoms with E-state index in [1.165, 1.54) is 12.1 Å². The van der Waals surface area contributed by atoms with Gasteiger partial charge in [-0.2, -0.15) is 0 Å². The monoisotopic (exact) mass is 345 g/mol. The Bertz CT molecular complexity index is 619. The van der Waals surface area contributed by atoms with Crippen molar-refractivity contribution in [3.63, 3.8) is 0 Å². The molecule has 0 aliphatic rings. The molecular weight excluding hydrogens is 332 g/mol. The third-order valence-electron chi connectivity index (χ3n) is 2.58. The largest absolute Gasteiger partial charge is 0.357 e. The number of hydrogen-bond acceptors (Lipinski definition) is 1. The minimum Gasteiger partial charge on any atom is -0.357 e. The number of pyridine rings is 1. The number of aromatic amines is 1. The summed E-state index contributed by atoms with van der Waals surface area (Å²) in [5.74, 6) is 0.157. The summed E-state index contributed by atoms with van der Waals surface area (Å²) in [4.78, 5) is 15.1. The van der Waals surface area contributed by atoms with Crippen LogP contribution >= 0.6 is 22.6 Å². The lowest BCUT2D eigenvalue weighted by atomic mass is 10.1. The summed E-state index contributed by atoms with van der Waals surface area (Å²) in [5, 5.41) is 0.545. The van der Waals surface area contributed by atoms with Gasteiger partial charge in [-0.15, -0.1) is 0 Å². The van der Waals surface area contributed by atoms with Crippen LogP contribution in [-0.2, 0) is 6.42 Å². The molecule has 0 aliphatic heterocycles. The number of nitrogens with one attached hydrogen (secondary N) is 1. The lowest BCUT2D eigenvalue weighted by Gasteiger charge is -2.08. The Labute approximate surface area is 112 Å². The third kappa shape index (κ3) is 2.51. The van der Waals surface area contributed by atoms with E-state index < -0.39 is 0 Å². The predicted molar refractivity (Wildman–Crippen MR) is 75.8 cm³/mol. The predicted octanol–water partition coefficient (Wildman–Crippen LogP) is 3.47. The fraction of sp³-hybridized carbons (Fsp3) is 0.308. The maximum absolute atomic E-state index is 13.4.